The molecule has 1 aromatic carbocycles. The molecule has 0 radical (unpaired) electrons. The summed E-state index contributed by atoms with van der Waals surface area (Å²) in [7, 11) is 0. The first-order chi connectivity index (χ1) is 9.12. The number of hydrogen-bond donors (Lipinski definition) is 0. The van der Waals surface area contributed by atoms with E-state index in [4.69, 9.17) is 14.2 Å². The van der Waals surface area contributed by atoms with Crippen LogP contribution in [-0.4, -0.2) is 17.3 Å². The fraction of sp³-hybridized carbons (Fsp3) is 0.647. The Morgan fingerprint density at radius 1 is 0.850 bits per heavy atom. The number of benzene rings is 1. The third kappa shape index (κ3) is 4.95. The quantitative estimate of drug-likeness (QED) is 0.806. The van der Waals surface area contributed by atoms with Gasteiger partial charge in [-0.1, -0.05) is 0 Å². The Hall–Kier alpha value is -1.38. The van der Waals surface area contributed by atoms with Crippen molar-refractivity contribution in [2.24, 2.45) is 0 Å². The molecule has 0 amide bonds. The van der Waals surface area contributed by atoms with Crippen LogP contribution in [0.4, 0.5) is 0 Å². The van der Waals surface area contributed by atoms with E-state index >= 15 is 0 Å². The van der Waals surface area contributed by atoms with Gasteiger partial charge in [-0.15, -0.1) is 0 Å². The van der Waals surface area contributed by atoms with Gasteiger partial charge < -0.3 is 14.2 Å². The van der Waals surface area contributed by atoms with Crippen molar-refractivity contribution >= 4 is 0 Å². The van der Waals surface area contributed by atoms with Crippen molar-refractivity contribution in [3.63, 3.8) is 0 Å². The largest absolute Gasteiger partial charge is 0.488 e. The molecule has 3 nitrogen and oxygen atoms in total. The van der Waals surface area contributed by atoms with Crippen LogP contribution in [0, 0.1) is 0 Å². The molecule has 0 atom stereocenters. The Kier molecular flexibility index (Phi) is 3.90. The minimum Gasteiger partial charge on any atom is -0.488 e. The third-order valence-corrected chi connectivity index (χ3v) is 2.57. The second kappa shape index (κ2) is 5.19. The molecule has 2 rings (SSSR count). The molecular weight excluding hydrogens is 252 g/mol. The molecule has 0 unspecified atom stereocenters. The molecular formula is C17H26O3. The van der Waals surface area contributed by atoms with Crippen molar-refractivity contribution in [1.29, 1.82) is 0 Å². The molecule has 1 aliphatic rings. The van der Waals surface area contributed by atoms with Gasteiger partial charge in [0, 0.05) is 6.07 Å². The molecule has 0 saturated heterocycles. The van der Waals surface area contributed by atoms with Crippen LogP contribution in [0.1, 0.15) is 54.4 Å². The van der Waals surface area contributed by atoms with Crippen LogP contribution >= 0.6 is 0 Å². The second-order valence-electron chi connectivity index (χ2n) is 7.35. The van der Waals surface area contributed by atoms with E-state index in [0.717, 1.165) is 30.1 Å². The van der Waals surface area contributed by atoms with Gasteiger partial charge in [0.25, 0.3) is 0 Å². The minimum atomic E-state index is -0.242. The van der Waals surface area contributed by atoms with Crippen molar-refractivity contribution in [2.45, 2.75) is 71.7 Å². The van der Waals surface area contributed by atoms with E-state index < -0.39 is 0 Å². The number of rotatable bonds is 4. The average molecular weight is 278 g/mol. The van der Waals surface area contributed by atoms with Crippen LogP contribution in [-0.2, 0) is 0 Å². The topological polar surface area (TPSA) is 27.7 Å². The van der Waals surface area contributed by atoms with E-state index in [1.165, 1.54) is 0 Å². The van der Waals surface area contributed by atoms with Crippen molar-refractivity contribution in [3.05, 3.63) is 18.2 Å². The molecule has 1 aromatic rings. The van der Waals surface area contributed by atoms with Gasteiger partial charge in [-0.3, -0.25) is 0 Å². The molecule has 0 spiro atoms. The number of hydrogen-bond acceptors (Lipinski definition) is 3. The van der Waals surface area contributed by atoms with Crippen molar-refractivity contribution in [3.8, 4) is 17.2 Å². The lowest BCUT2D eigenvalue weighted by Gasteiger charge is -2.25. The maximum absolute atomic E-state index is 5.97. The molecule has 0 N–H and O–H groups in total. The highest BCUT2D eigenvalue weighted by atomic mass is 16.5. The zero-order valence-electron chi connectivity index (χ0n) is 13.4. The van der Waals surface area contributed by atoms with E-state index in [1.54, 1.807) is 0 Å². The van der Waals surface area contributed by atoms with Crippen molar-refractivity contribution in [1.82, 2.24) is 0 Å². The lowest BCUT2D eigenvalue weighted by atomic mass is 10.1. The molecule has 3 heteroatoms. The summed E-state index contributed by atoms with van der Waals surface area (Å²) in [5.41, 5.74) is -0.461. The Morgan fingerprint density at radius 2 is 1.45 bits per heavy atom. The Labute approximate surface area is 122 Å². The maximum Gasteiger partial charge on any atom is 0.165 e. The first kappa shape index (κ1) is 15.0. The van der Waals surface area contributed by atoms with E-state index in [1.807, 2.05) is 59.7 Å². The maximum atomic E-state index is 5.97. The van der Waals surface area contributed by atoms with E-state index in [-0.39, 0.29) is 11.2 Å². The number of ether oxygens (including phenoxy) is 3. The van der Waals surface area contributed by atoms with Gasteiger partial charge >= 0.3 is 0 Å². The molecule has 0 bridgehead atoms. The molecule has 0 aliphatic heterocycles. The predicted molar refractivity (Wildman–Crippen MR) is 80.9 cm³/mol. The van der Waals surface area contributed by atoms with Crippen LogP contribution in [0.5, 0.6) is 17.2 Å². The van der Waals surface area contributed by atoms with Gasteiger partial charge in [0.2, 0.25) is 0 Å². The smallest absolute Gasteiger partial charge is 0.165 e. The summed E-state index contributed by atoms with van der Waals surface area (Å²) in [6.07, 6.45) is 2.58. The summed E-state index contributed by atoms with van der Waals surface area (Å²) in [6, 6.07) is 5.81. The van der Waals surface area contributed by atoms with Crippen LogP contribution < -0.4 is 14.2 Å². The zero-order valence-corrected chi connectivity index (χ0v) is 13.4. The fourth-order valence-electron chi connectivity index (χ4n) is 1.78. The third-order valence-electron chi connectivity index (χ3n) is 2.57. The summed E-state index contributed by atoms with van der Waals surface area (Å²) in [6.45, 7) is 12.2. The van der Waals surface area contributed by atoms with E-state index in [9.17, 15) is 0 Å². The summed E-state index contributed by atoms with van der Waals surface area (Å²) in [4.78, 5) is 0. The van der Waals surface area contributed by atoms with Crippen LogP contribution in [0.2, 0.25) is 0 Å². The molecule has 1 fully saturated rings. The highest BCUT2D eigenvalue weighted by Gasteiger charge is 2.26. The Balaban J connectivity index is 2.22. The van der Waals surface area contributed by atoms with Gasteiger partial charge in [0.15, 0.2) is 11.5 Å². The molecule has 1 saturated carbocycles. The molecule has 112 valence electrons. The standard InChI is InChI=1S/C17H26O3/c1-16(2,3)19-13-9-10-14(20-17(4,5)6)15(11-13)18-12-7-8-12/h9-12H,7-8H2,1-6H3. The van der Waals surface area contributed by atoms with Gasteiger partial charge in [-0.2, -0.15) is 0 Å². The molecule has 20 heavy (non-hydrogen) atoms. The monoisotopic (exact) mass is 278 g/mol. The van der Waals surface area contributed by atoms with Crippen LogP contribution in [0.3, 0.4) is 0 Å². The van der Waals surface area contributed by atoms with Gasteiger partial charge in [-0.05, 0) is 66.5 Å². The summed E-state index contributed by atoms with van der Waals surface area (Å²) < 4.78 is 17.8. The first-order valence-electron chi connectivity index (χ1n) is 7.31. The summed E-state index contributed by atoms with van der Waals surface area (Å²) in [5.74, 6) is 2.38. The highest BCUT2D eigenvalue weighted by Crippen LogP contribution is 2.38. The van der Waals surface area contributed by atoms with E-state index in [2.05, 4.69) is 0 Å². The Bertz CT molecular complexity index is 462. The van der Waals surface area contributed by atoms with Gasteiger partial charge in [0.05, 0.1) is 6.10 Å². The predicted octanol–water partition coefficient (Wildman–Crippen LogP) is 4.58. The normalized spacial score (nSPS) is 15.9. The molecule has 0 aromatic heterocycles. The molecule has 0 heterocycles. The highest BCUT2D eigenvalue weighted by molar-refractivity contribution is 5.46. The van der Waals surface area contributed by atoms with Crippen LogP contribution in [0.15, 0.2) is 18.2 Å². The van der Waals surface area contributed by atoms with E-state index in [0.29, 0.717) is 6.10 Å². The van der Waals surface area contributed by atoms with Crippen molar-refractivity contribution < 1.29 is 14.2 Å². The van der Waals surface area contributed by atoms with Crippen molar-refractivity contribution in [2.75, 3.05) is 0 Å². The lowest BCUT2D eigenvalue weighted by Crippen LogP contribution is -2.24. The minimum absolute atomic E-state index is 0.219. The van der Waals surface area contributed by atoms with Crippen LogP contribution in [0.25, 0.3) is 0 Å². The van der Waals surface area contributed by atoms with Gasteiger partial charge in [0.1, 0.15) is 17.0 Å². The fourth-order valence-corrected chi connectivity index (χ4v) is 1.78. The zero-order chi connectivity index (χ0) is 15.0. The summed E-state index contributed by atoms with van der Waals surface area (Å²) in [5, 5.41) is 0. The molecule has 1 aliphatic carbocycles. The average Bonchev–Trinajstić information content (AvgIpc) is 3.01. The SMILES string of the molecule is CC(C)(C)Oc1ccc(OC(C)(C)C)c(OC2CC2)c1. The summed E-state index contributed by atoms with van der Waals surface area (Å²) >= 11 is 0. The second-order valence-corrected chi connectivity index (χ2v) is 7.35. The Morgan fingerprint density at radius 3 is 1.95 bits per heavy atom. The van der Waals surface area contributed by atoms with Gasteiger partial charge in [-0.25, -0.2) is 0 Å². The lowest BCUT2D eigenvalue weighted by molar-refractivity contribution is 0.118. The first-order valence-corrected chi connectivity index (χ1v) is 7.31.